The predicted octanol–water partition coefficient (Wildman–Crippen LogP) is 3.15. The lowest BCUT2D eigenvalue weighted by Crippen LogP contribution is -2.36. The van der Waals surface area contributed by atoms with Crippen molar-refractivity contribution in [2.45, 2.75) is 18.9 Å². The number of rotatable bonds is 8. The molecule has 0 bridgehead atoms. The molecule has 1 heterocycles. The van der Waals surface area contributed by atoms with Gasteiger partial charge in [0.15, 0.2) is 11.5 Å². The molecule has 140 valence electrons. The van der Waals surface area contributed by atoms with Gasteiger partial charge >= 0.3 is 0 Å². The Bertz CT molecular complexity index is 776. The summed E-state index contributed by atoms with van der Waals surface area (Å²) in [7, 11) is 6.79. The molecule has 1 N–H and O–H groups in total. The smallest absolute Gasteiger partial charge is 0.203 e. The van der Waals surface area contributed by atoms with E-state index in [1.807, 2.05) is 25.2 Å². The predicted molar refractivity (Wildman–Crippen MR) is 100 cm³/mol. The fraction of sp³-hybridized carbons (Fsp3) is 0.450. The Morgan fingerprint density at radius 3 is 2.42 bits per heavy atom. The maximum Gasteiger partial charge on any atom is 0.203 e. The Hall–Kier alpha value is -2.47. The molecule has 3 rings (SSSR count). The van der Waals surface area contributed by atoms with E-state index in [0.717, 1.165) is 23.3 Å². The van der Waals surface area contributed by atoms with Gasteiger partial charge in [-0.15, -0.1) is 0 Å². The number of pyridine rings is 1. The minimum Gasteiger partial charge on any atom is -0.493 e. The second kappa shape index (κ2) is 7.41. The molecule has 0 amide bonds. The molecule has 6 heteroatoms. The third-order valence-electron chi connectivity index (χ3n) is 5.18. The van der Waals surface area contributed by atoms with E-state index in [-0.39, 0.29) is 5.54 Å². The molecule has 1 aromatic carbocycles. The molecule has 1 aromatic heterocycles. The van der Waals surface area contributed by atoms with Crippen molar-refractivity contribution in [1.82, 2.24) is 10.3 Å². The first-order chi connectivity index (χ1) is 12.6. The van der Waals surface area contributed by atoms with Gasteiger partial charge in [0.1, 0.15) is 12.4 Å². The zero-order chi connectivity index (χ0) is 18.7. The molecular formula is C20H26N2O4. The van der Waals surface area contributed by atoms with Crippen LogP contribution in [0.1, 0.15) is 13.3 Å². The number of methoxy groups -OCH3 is 3. The van der Waals surface area contributed by atoms with Gasteiger partial charge in [0.25, 0.3) is 0 Å². The van der Waals surface area contributed by atoms with Crippen molar-refractivity contribution in [3.8, 4) is 34.1 Å². The van der Waals surface area contributed by atoms with E-state index in [1.165, 1.54) is 0 Å². The maximum absolute atomic E-state index is 6.01. The summed E-state index contributed by atoms with van der Waals surface area (Å²) in [6, 6.07) is 5.75. The molecule has 0 radical (unpaired) electrons. The second-order valence-electron chi connectivity index (χ2n) is 6.59. The molecule has 1 saturated carbocycles. The first-order valence-corrected chi connectivity index (χ1v) is 8.64. The molecule has 2 aromatic rings. The summed E-state index contributed by atoms with van der Waals surface area (Å²) in [5.41, 5.74) is 1.84. The van der Waals surface area contributed by atoms with Crippen LogP contribution in [0.3, 0.4) is 0 Å². The van der Waals surface area contributed by atoms with Gasteiger partial charge in [0, 0.05) is 17.3 Å². The standard InChI is InChI=1S/C20H26N2O4/c1-13-9-20(13,21-2)12-26-15-8-14(10-22-11-15)16-6-7-17(23-3)19(25-5)18(16)24-4/h6-8,10-11,13,21H,9,12H2,1-5H3/t13-,20-/m0/s1. The zero-order valence-electron chi connectivity index (χ0n) is 16.0. The largest absolute Gasteiger partial charge is 0.493 e. The summed E-state index contributed by atoms with van der Waals surface area (Å²) in [5, 5.41) is 3.37. The van der Waals surface area contributed by atoms with Gasteiger partial charge in [-0.05, 0) is 37.6 Å². The minimum atomic E-state index is 0.0804. The van der Waals surface area contributed by atoms with Crippen molar-refractivity contribution >= 4 is 0 Å². The van der Waals surface area contributed by atoms with Crippen LogP contribution in [0.25, 0.3) is 11.1 Å². The van der Waals surface area contributed by atoms with Crippen LogP contribution in [0.4, 0.5) is 0 Å². The molecule has 1 aliphatic carbocycles. The Morgan fingerprint density at radius 1 is 1.12 bits per heavy atom. The molecule has 0 aliphatic heterocycles. The van der Waals surface area contributed by atoms with Crippen LogP contribution in [0.2, 0.25) is 0 Å². The number of aromatic nitrogens is 1. The van der Waals surface area contributed by atoms with E-state index in [0.29, 0.717) is 29.8 Å². The van der Waals surface area contributed by atoms with Crippen molar-refractivity contribution < 1.29 is 18.9 Å². The van der Waals surface area contributed by atoms with Gasteiger partial charge in [-0.2, -0.15) is 0 Å². The highest BCUT2D eigenvalue weighted by molar-refractivity contribution is 5.76. The minimum absolute atomic E-state index is 0.0804. The number of hydrogen-bond acceptors (Lipinski definition) is 6. The average molecular weight is 358 g/mol. The van der Waals surface area contributed by atoms with Crippen LogP contribution in [-0.4, -0.2) is 45.5 Å². The topological polar surface area (TPSA) is 61.8 Å². The van der Waals surface area contributed by atoms with E-state index in [2.05, 4.69) is 17.2 Å². The Balaban J connectivity index is 1.88. The molecule has 0 saturated heterocycles. The van der Waals surface area contributed by atoms with E-state index in [1.54, 1.807) is 33.7 Å². The Morgan fingerprint density at radius 2 is 1.85 bits per heavy atom. The van der Waals surface area contributed by atoms with Gasteiger partial charge in [-0.25, -0.2) is 0 Å². The van der Waals surface area contributed by atoms with Crippen LogP contribution >= 0.6 is 0 Å². The van der Waals surface area contributed by atoms with E-state index in [9.17, 15) is 0 Å². The number of ether oxygens (including phenoxy) is 4. The zero-order valence-corrected chi connectivity index (χ0v) is 16.0. The highest BCUT2D eigenvalue weighted by atomic mass is 16.5. The average Bonchev–Trinajstić information content (AvgIpc) is 3.35. The molecule has 26 heavy (non-hydrogen) atoms. The quantitative estimate of drug-likeness (QED) is 0.782. The third-order valence-corrected chi connectivity index (χ3v) is 5.18. The molecular weight excluding hydrogens is 332 g/mol. The first kappa shape index (κ1) is 18.3. The molecule has 6 nitrogen and oxygen atoms in total. The van der Waals surface area contributed by atoms with Gasteiger partial charge < -0.3 is 24.3 Å². The summed E-state index contributed by atoms with van der Waals surface area (Å²) in [5.74, 6) is 3.13. The number of likely N-dealkylation sites (N-methyl/N-ethyl adjacent to an activating group) is 1. The van der Waals surface area contributed by atoms with Crippen LogP contribution < -0.4 is 24.3 Å². The Kier molecular flexibility index (Phi) is 5.23. The lowest BCUT2D eigenvalue weighted by atomic mass is 10.1. The number of benzene rings is 1. The monoisotopic (exact) mass is 358 g/mol. The lowest BCUT2D eigenvalue weighted by molar-refractivity contribution is 0.249. The highest BCUT2D eigenvalue weighted by Gasteiger charge is 2.50. The van der Waals surface area contributed by atoms with Crippen molar-refractivity contribution in [3.05, 3.63) is 30.6 Å². The summed E-state index contributed by atoms with van der Waals surface area (Å²) in [6.45, 7) is 2.85. The number of nitrogens with one attached hydrogen (secondary N) is 1. The molecule has 0 unspecified atom stereocenters. The molecule has 1 fully saturated rings. The van der Waals surface area contributed by atoms with Crippen molar-refractivity contribution in [2.75, 3.05) is 35.0 Å². The summed E-state index contributed by atoms with van der Waals surface area (Å²) in [4.78, 5) is 4.33. The van der Waals surface area contributed by atoms with Crippen molar-refractivity contribution in [3.63, 3.8) is 0 Å². The second-order valence-corrected chi connectivity index (χ2v) is 6.59. The fourth-order valence-corrected chi connectivity index (χ4v) is 3.30. The van der Waals surface area contributed by atoms with Crippen molar-refractivity contribution in [2.24, 2.45) is 5.92 Å². The Labute approximate surface area is 154 Å². The van der Waals surface area contributed by atoms with E-state index < -0.39 is 0 Å². The van der Waals surface area contributed by atoms with E-state index >= 15 is 0 Å². The van der Waals surface area contributed by atoms with Gasteiger partial charge in [-0.3, -0.25) is 4.98 Å². The third kappa shape index (κ3) is 3.29. The van der Waals surface area contributed by atoms with Crippen LogP contribution in [0, 0.1) is 5.92 Å². The molecule has 0 spiro atoms. The number of nitrogens with zero attached hydrogens (tertiary/aromatic N) is 1. The van der Waals surface area contributed by atoms with Gasteiger partial charge in [0.05, 0.1) is 33.1 Å². The van der Waals surface area contributed by atoms with Crippen LogP contribution in [-0.2, 0) is 0 Å². The molecule has 2 atom stereocenters. The summed E-state index contributed by atoms with van der Waals surface area (Å²) in [6.07, 6.45) is 4.64. The maximum atomic E-state index is 6.01. The summed E-state index contributed by atoms with van der Waals surface area (Å²) < 4.78 is 22.4. The van der Waals surface area contributed by atoms with E-state index in [4.69, 9.17) is 18.9 Å². The fourth-order valence-electron chi connectivity index (χ4n) is 3.30. The summed E-state index contributed by atoms with van der Waals surface area (Å²) >= 11 is 0. The van der Waals surface area contributed by atoms with Crippen LogP contribution in [0.5, 0.6) is 23.0 Å². The van der Waals surface area contributed by atoms with Gasteiger partial charge in [-0.1, -0.05) is 6.92 Å². The van der Waals surface area contributed by atoms with Gasteiger partial charge in [0.2, 0.25) is 5.75 Å². The first-order valence-electron chi connectivity index (χ1n) is 8.64. The SMILES string of the molecule is CN[C@]1(COc2cncc(-c3ccc(OC)c(OC)c3OC)c2)C[C@@H]1C. The normalized spacial score (nSPS) is 21.2. The highest BCUT2D eigenvalue weighted by Crippen LogP contribution is 2.45. The number of hydrogen-bond donors (Lipinski definition) is 1. The lowest BCUT2D eigenvalue weighted by Gasteiger charge is -2.18. The molecule has 1 aliphatic rings. The van der Waals surface area contributed by atoms with Crippen molar-refractivity contribution in [1.29, 1.82) is 0 Å². The van der Waals surface area contributed by atoms with Crippen LogP contribution in [0.15, 0.2) is 30.6 Å².